The number of unbranched alkanes of at least 4 members (excludes halogenated alkanes) is 1. The van der Waals surface area contributed by atoms with Crippen LogP contribution in [0.15, 0.2) is 53.3 Å². The molecule has 12 heteroatoms. The largest absolute Gasteiger partial charge is 0.508 e. The Morgan fingerprint density at radius 3 is 2.27 bits per heavy atom. The zero-order valence-corrected chi connectivity index (χ0v) is 29.7. The maximum absolute atomic E-state index is 14.2. The first-order valence-corrected chi connectivity index (χ1v) is 16.6. The van der Waals surface area contributed by atoms with Gasteiger partial charge in [-0.25, -0.2) is 14.2 Å². The van der Waals surface area contributed by atoms with Crippen molar-refractivity contribution >= 4 is 17.9 Å². The summed E-state index contributed by atoms with van der Waals surface area (Å²) in [4.78, 5) is 61.9. The molecule has 3 atom stereocenters. The summed E-state index contributed by atoms with van der Waals surface area (Å²) in [6.07, 6.45) is 0.959. The van der Waals surface area contributed by atoms with E-state index in [1.807, 2.05) is 33.8 Å². The molecule has 0 fully saturated rings. The number of phenolic OH excluding ortho intramolecular Hbond substituents is 1. The highest BCUT2D eigenvalue weighted by atomic mass is 19.1. The number of hydrogen-bond acceptors (Lipinski definition) is 7. The number of alkyl carbamates (subject to hydrolysis) is 1. The SMILES string of the molecule is CCCCOC(=O)NC(Cc1ccc(F)cc1)C(=O)N(C)C(C(=O)NC(Cc1ccc(O)c(C(C)(C)C)c1)c1nc(C)cc(=O)[nH]1)C(C)C. The maximum atomic E-state index is 14.2. The van der Waals surface area contributed by atoms with Crippen LogP contribution in [-0.2, 0) is 32.6 Å². The van der Waals surface area contributed by atoms with Crippen LogP contribution in [0, 0.1) is 18.7 Å². The molecule has 0 bridgehead atoms. The number of likely N-dealkylation sites (N-methyl/N-ethyl adjacent to an activating group) is 1. The van der Waals surface area contributed by atoms with E-state index in [4.69, 9.17) is 4.74 Å². The summed E-state index contributed by atoms with van der Waals surface area (Å²) >= 11 is 0. The third-order valence-corrected chi connectivity index (χ3v) is 8.18. The standard InChI is InChI=1S/C37H50FN5O6/c1-9-10-17-49-36(48)41-29(20-24-11-14-26(38)15-12-24)35(47)43(8)32(22(2)3)34(46)40-28(33-39-23(4)18-31(45)42-33)21-25-13-16-30(44)27(19-25)37(5,6)7/h11-16,18-19,22,28-29,32,44H,9-10,17,20-21H2,1-8H3,(H,40,46)(H,41,48)(H,39,42,45). The number of H-pyrrole nitrogens is 1. The van der Waals surface area contributed by atoms with Crippen LogP contribution in [-0.4, -0.2) is 63.6 Å². The third kappa shape index (κ3) is 11.2. The van der Waals surface area contributed by atoms with Gasteiger partial charge in [-0.15, -0.1) is 0 Å². The van der Waals surface area contributed by atoms with Gasteiger partial charge in [-0.3, -0.25) is 14.4 Å². The predicted molar refractivity (Wildman–Crippen MR) is 186 cm³/mol. The highest BCUT2D eigenvalue weighted by molar-refractivity contribution is 5.91. The number of amides is 3. The van der Waals surface area contributed by atoms with E-state index in [0.717, 1.165) is 17.5 Å². The van der Waals surface area contributed by atoms with Crippen LogP contribution in [0.1, 0.15) is 88.6 Å². The van der Waals surface area contributed by atoms with Crippen molar-refractivity contribution < 1.29 is 28.6 Å². The number of aryl methyl sites for hydroxylation is 1. The monoisotopic (exact) mass is 679 g/mol. The Bertz CT molecular complexity index is 1650. The van der Waals surface area contributed by atoms with Gasteiger partial charge in [0.1, 0.15) is 29.5 Å². The van der Waals surface area contributed by atoms with Gasteiger partial charge >= 0.3 is 6.09 Å². The van der Waals surface area contributed by atoms with Gasteiger partial charge in [-0.2, -0.15) is 0 Å². The van der Waals surface area contributed by atoms with Gasteiger partial charge in [0.2, 0.25) is 11.8 Å². The molecule has 3 unspecified atom stereocenters. The lowest BCUT2D eigenvalue weighted by molar-refractivity contribution is -0.142. The molecule has 4 N–H and O–H groups in total. The molecule has 1 aromatic heterocycles. The van der Waals surface area contributed by atoms with Crippen molar-refractivity contribution in [2.75, 3.05) is 13.7 Å². The number of nitrogens with zero attached hydrogens (tertiary/aromatic N) is 2. The maximum Gasteiger partial charge on any atom is 0.407 e. The van der Waals surface area contributed by atoms with E-state index in [2.05, 4.69) is 20.6 Å². The van der Waals surface area contributed by atoms with Gasteiger partial charge in [0.15, 0.2) is 0 Å². The van der Waals surface area contributed by atoms with Crippen LogP contribution >= 0.6 is 0 Å². The molecular formula is C37H50FN5O6. The van der Waals surface area contributed by atoms with Gasteiger partial charge in [-0.1, -0.05) is 72.2 Å². The number of rotatable bonds is 14. The Morgan fingerprint density at radius 2 is 1.67 bits per heavy atom. The molecule has 266 valence electrons. The molecule has 11 nitrogen and oxygen atoms in total. The second kappa shape index (κ2) is 17.1. The van der Waals surface area contributed by atoms with Crippen molar-refractivity contribution in [2.24, 2.45) is 5.92 Å². The second-order valence-electron chi connectivity index (χ2n) is 13.8. The van der Waals surface area contributed by atoms with E-state index in [-0.39, 0.29) is 47.9 Å². The van der Waals surface area contributed by atoms with Crippen molar-refractivity contribution in [3.05, 3.63) is 92.9 Å². The minimum atomic E-state index is -1.11. The molecule has 3 aromatic rings. The van der Waals surface area contributed by atoms with Crippen LogP contribution in [0.2, 0.25) is 0 Å². The molecule has 2 aromatic carbocycles. The summed E-state index contributed by atoms with van der Waals surface area (Å²) in [6, 6.07) is 9.26. The highest BCUT2D eigenvalue weighted by Crippen LogP contribution is 2.32. The fourth-order valence-electron chi connectivity index (χ4n) is 5.65. The number of aromatic nitrogens is 2. The number of aromatic hydroxyl groups is 1. The minimum absolute atomic E-state index is 0.0345. The lowest BCUT2D eigenvalue weighted by Crippen LogP contribution is -2.57. The number of hydrogen-bond donors (Lipinski definition) is 4. The van der Waals surface area contributed by atoms with Crippen LogP contribution in [0.25, 0.3) is 0 Å². The summed E-state index contributed by atoms with van der Waals surface area (Å²) in [5, 5.41) is 16.2. The number of halogens is 1. The van der Waals surface area contributed by atoms with E-state index in [9.17, 15) is 28.7 Å². The van der Waals surface area contributed by atoms with Crippen molar-refractivity contribution in [3.63, 3.8) is 0 Å². The topological polar surface area (TPSA) is 154 Å². The minimum Gasteiger partial charge on any atom is -0.508 e. The molecule has 0 aliphatic rings. The third-order valence-electron chi connectivity index (χ3n) is 8.18. The Hall–Kier alpha value is -4.74. The Labute approximate surface area is 287 Å². The second-order valence-corrected chi connectivity index (χ2v) is 13.8. The number of nitrogens with one attached hydrogen (secondary N) is 3. The van der Waals surface area contributed by atoms with Gasteiger partial charge in [0.05, 0.1) is 12.6 Å². The molecular weight excluding hydrogens is 629 g/mol. The fourth-order valence-corrected chi connectivity index (χ4v) is 5.65. The Kier molecular flexibility index (Phi) is 13.5. The van der Waals surface area contributed by atoms with Crippen molar-refractivity contribution in [3.8, 4) is 5.75 Å². The molecule has 0 saturated heterocycles. The fraction of sp³-hybridized carbons (Fsp3) is 0.486. The summed E-state index contributed by atoms with van der Waals surface area (Å²) in [5.41, 5.74) is 1.84. The molecule has 3 rings (SSSR count). The van der Waals surface area contributed by atoms with Gasteiger partial charge in [0.25, 0.3) is 5.56 Å². The summed E-state index contributed by atoms with van der Waals surface area (Å²) in [5.74, 6) is -1.46. The number of ether oxygens (including phenoxy) is 1. The molecule has 49 heavy (non-hydrogen) atoms. The number of carbonyl (C=O) groups is 3. The van der Waals surface area contributed by atoms with Crippen LogP contribution in [0.3, 0.4) is 0 Å². The quantitative estimate of drug-likeness (QED) is 0.170. The Balaban J connectivity index is 1.95. The molecule has 3 amide bonds. The summed E-state index contributed by atoms with van der Waals surface area (Å²) < 4.78 is 18.9. The van der Waals surface area contributed by atoms with Gasteiger partial charge < -0.3 is 30.4 Å². The van der Waals surface area contributed by atoms with E-state index >= 15 is 0 Å². The van der Waals surface area contributed by atoms with Crippen LogP contribution in [0.4, 0.5) is 9.18 Å². The molecule has 0 spiro atoms. The molecule has 0 saturated carbocycles. The normalized spacial score (nSPS) is 13.3. The number of carbonyl (C=O) groups excluding carboxylic acids is 3. The van der Waals surface area contributed by atoms with E-state index in [0.29, 0.717) is 17.7 Å². The first kappa shape index (κ1) is 38.7. The number of aromatic amines is 1. The number of phenols is 1. The van der Waals surface area contributed by atoms with Gasteiger partial charge in [0, 0.05) is 25.2 Å². The first-order valence-electron chi connectivity index (χ1n) is 16.6. The predicted octanol–water partition coefficient (Wildman–Crippen LogP) is 5.24. The zero-order valence-electron chi connectivity index (χ0n) is 29.7. The van der Waals surface area contributed by atoms with Gasteiger partial charge in [-0.05, 0) is 66.0 Å². The average Bonchev–Trinajstić information content (AvgIpc) is 3.01. The smallest absolute Gasteiger partial charge is 0.407 e. The average molecular weight is 680 g/mol. The molecule has 1 heterocycles. The van der Waals surface area contributed by atoms with Crippen molar-refractivity contribution in [1.29, 1.82) is 0 Å². The summed E-state index contributed by atoms with van der Waals surface area (Å²) in [6.45, 7) is 13.4. The Morgan fingerprint density at radius 1 is 1.02 bits per heavy atom. The highest BCUT2D eigenvalue weighted by Gasteiger charge is 2.36. The van der Waals surface area contributed by atoms with E-state index < -0.39 is 41.9 Å². The van der Waals surface area contributed by atoms with Crippen molar-refractivity contribution in [2.45, 2.75) is 97.7 Å². The molecule has 0 aliphatic heterocycles. The lowest BCUT2D eigenvalue weighted by Gasteiger charge is -2.34. The lowest BCUT2D eigenvalue weighted by atomic mass is 9.84. The number of benzene rings is 2. The summed E-state index contributed by atoms with van der Waals surface area (Å²) in [7, 11) is 1.49. The van der Waals surface area contributed by atoms with Crippen LogP contribution in [0.5, 0.6) is 5.75 Å². The van der Waals surface area contributed by atoms with E-state index in [1.54, 1.807) is 32.9 Å². The zero-order chi connectivity index (χ0) is 36.5. The first-order chi connectivity index (χ1) is 23.0. The molecule has 0 radical (unpaired) electrons. The molecule has 0 aliphatic carbocycles. The van der Waals surface area contributed by atoms with Crippen LogP contribution < -0.4 is 16.2 Å². The van der Waals surface area contributed by atoms with Crippen molar-refractivity contribution in [1.82, 2.24) is 25.5 Å². The van der Waals surface area contributed by atoms with E-state index in [1.165, 1.54) is 42.3 Å².